The Morgan fingerprint density at radius 2 is 1.84 bits per heavy atom. The van der Waals surface area contributed by atoms with Gasteiger partial charge in [0.15, 0.2) is 0 Å². The molecule has 98 valence electrons. The van der Waals surface area contributed by atoms with Crippen LogP contribution in [0.2, 0.25) is 0 Å². The van der Waals surface area contributed by atoms with E-state index >= 15 is 0 Å². The summed E-state index contributed by atoms with van der Waals surface area (Å²) < 4.78 is 0. The number of para-hydroxylation sites is 1. The van der Waals surface area contributed by atoms with Crippen LogP contribution in [0.25, 0.3) is 0 Å². The van der Waals surface area contributed by atoms with Crippen LogP contribution < -0.4 is 10.6 Å². The number of urea groups is 1. The van der Waals surface area contributed by atoms with Crippen LogP contribution in [0.4, 0.5) is 16.2 Å². The fourth-order valence-electron chi connectivity index (χ4n) is 2.40. The van der Waals surface area contributed by atoms with Gasteiger partial charge in [-0.05, 0) is 43.4 Å². The highest BCUT2D eigenvalue weighted by Crippen LogP contribution is 2.33. The molecule has 2 aromatic rings. The molecule has 0 spiro atoms. The number of carbonyl (C=O) groups excluding carboxylic acids is 1. The zero-order valence-electron chi connectivity index (χ0n) is 10.6. The first-order valence-corrected chi connectivity index (χ1v) is 7.43. The smallest absolute Gasteiger partial charge is 0.308 e. The van der Waals surface area contributed by atoms with Crippen LogP contribution in [0.1, 0.15) is 23.3 Å². The third kappa shape index (κ3) is 2.79. The summed E-state index contributed by atoms with van der Waals surface area (Å²) in [4.78, 5) is 13.4. The number of rotatable bonds is 2. The molecule has 1 aliphatic rings. The van der Waals surface area contributed by atoms with Gasteiger partial charge in [-0.2, -0.15) is 0 Å². The van der Waals surface area contributed by atoms with Gasteiger partial charge in [-0.25, -0.2) is 4.79 Å². The molecule has 1 heterocycles. The zero-order valence-corrected chi connectivity index (χ0v) is 11.4. The first-order chi connectivity index (χ1) is 9.33. The van der Waals surface area contributed by atoms with Gasteiger partial charge in [0.05, 0.1) is 5.69 Å². The highest BCUT2D eigenvalue weighted by molar-refractivity contribution is 7.10. The highest BCUT2D eigenvalue weighted by atomic mass is 32.1. The molecular formula is C15H16N2OS. The van der Waals surface area contributed by atoms with E-state index in [1.807, 2.05) is 30.3 Å². The fourth-order valence-corrected chi connectivity index (χ4v) is 3.48. The zero-order chi connectivity index (χ0) is 13.1. The molecule has 0 saturated heterocycles. The van der Waals surface area contributed by atoms with Crippen LogP contribution in [0.15, 0.2) is 35.7 Å². The maximum atomic E-state index is 11.9. The van der Waals surface area contributed by atoms with Crippen molar-refractivity contribution >= 4 is 28.7 Å². The average Bonchev–Trinajstić information content (AvgIpc) is 2.83. The van der Waals surface area contributed by atoms with E-state index in [1.54, 1.807) is 11.3 Å². The molecule has 3 nitrogen and oxygen atoms in total. The Hall–Kier alpha value is -1.81. The molecule has 0 radical (unpaired) electrons. The molecule has 19 heavy (non-hydrogen) atoms. The Balaban J connectivity index is 1.68. The molecule has 2 N–H and O–H groups in total. The van der Waals surface area contributed by atoms with Crippen LogP contribution >= 0.6 is 11.3 Å². The lowest BCUT2D eigenvalue weighted by molar-refractivity contribution is 0.262. The van der Waals surface area contributed by atoms with Gasteiger partial charge in [-0.1, -0.05) is 18.2 Å². The molecule has 0 unspecified atom stereocenters. The van der Waals surface area contributed by atoms with Gasteiger partial charge >= 0.3 is 6.03 Å². The minimum absolute atomic E-state index is 0.169. The standard InChI is InChI=1S/C15H16N2OS/c18-15(16-11-6-2-1-3-7-11)17-13-10-19-14-9-5-4-8-12(13)14/h1-3,6-7,10H,4-5,8-9H2,(H2,16,17,18). The monoisotopic (exact) mass is 272 g/mol. The number of anilines is 2. The van der Waals surface area contributed by atoms with Gasteiger partial charge in [0.25, 0.3) is 0 Å². The number of aryl methyl sites for hydroxylation is 1. The summed E-state index contributed by atoms with van der Waals surface area (Å²) in [5.41, 5.74) is 3.12. The Morgan fingerprint density at radius 3 is 2.68 bits per heavy atom. The van der Waals surface area contributed by atoms with Crippen LogP contribution in [-0.4, -0.2) is 6.03 Å². The summed E-state index contributed by atoms with van der Waals surface area (Å²) in [6, 6.07) is 9.32. The van der Waals surface area contributed by atoms with E-state index in [0.29, 0.717) is 0 Å². The number of amides is 2. The predicted molar refractivity (Wildman–Crippen MR) is 80.0 cm³/mol. The van der Waals surface area contributed by atoms with E-state index in [2.05, 4.69) is 16.0 Å². The van der Waals surface area contributed by atoms with E-state index in [0.717, 1.165) is 24.2 Å². The Kier molecular flexibility index (Phi) is 3.51. The van der Waals surface area contributed by atoms with E-state index in [4.69, 9.17) is 0 Å². The van der Waals surface area contributed by atoms with Crippen molar-refractivity contribution in [2.24, 2.45) is 0 Å². The first kappa shape index (κ1) is 12.2. The lowest BCUT2D eigenvalue weighted by Crippen LogP contribution is -2.20. The largest absolute Gasteiger partial charge is 0.323 e. The summed E-state index contributed by atoms with van der Waals surface area (Å²) >= 11 is 1.76. The molecule has 0 aliphatic heterocycles. The minimum Gasteiger partial charge on any atom is -0.308 e. The lowest BCUT2D eigenvalue weighted by atomic mass is 9.98. The summed E-state index contributed by atoms with van der Waals surface area (Å²) in [6.07, 6.45) is 4.73. The van der Waals surface area contributed by atoms with Crippen LogP contribution in [-0.2, 0) is 12.8 Å². The van der Waals surface area contributed by atoms with E-state index in [9.17, 15) is 4.79 Å². The molecule has 0 atom stereocenters. The molecular weight excluding hydrogens is 256 g/mol. The number of hydrogen-bond donors (Lipinski definition) is 2. The quantitative estimate of drug-likeness (QED) is 0.842. The van der Waals surface area contributed by atoms with Gasteiger partial charge in [-0.15, -0.1) is 11.3 Å². The van der Waals surface area contributed by atoms with Crippen molar-refractivity contribution in [2.75, 3.05) is 10.6 Å². The third-order valence-corrected chi connectivity index (χ3v) is 4.43. The van der Waals surface area contributed by atoms with Crippen LogP contribution in [0, 0.1) is 0 Å². The maximum Gasteiger partial charge on any atom is 0.323 e. The van der Waals surface area contributed by atoms with Gasteiger partial charge in [0.1, 0.15) is 0 Å². The van der Waals surface area contributed by atoms with Crippen LogP contribution in [0.5, 0.6) is 0 Å². The lowest BCUT2D eigenvalue weighted by Gasteiger charge is -2.13. The summed E-state index contributed by atoms with van der Waals surface area (Å²) in [5, 5.41) is 7.86. The second kappa shape index (κ2) is 5.45. The number of carbonyl (C=O) groups is 1. The van der Waals surface area contributed by atoms with Gasteiger partial charge in [0, 0.05) is 15.9 Å². The number of hydrogen-bond acceptors (Lipinski definition) is 2. The van der Waals surface area contributed by atoms with Crippen molar-refractivity contribution in [1.82, 2.24) is 0 Å². The third-order valence-electron chi connectivity index (χ3n) is 3.34. The Morgan fingerprint density at radius 1 is 1.05 bits per heavy atom. The predicted octanol–water partition coefficient (Wildman–Crippen LogP) is 4.27. The van der Waals surface area contributed by atoms with E-state index in [-0.39, 0.29) is 6.03 Å². The molecule has 4 heteroatoms. The molecule has 2 amide bonds. The number of benzene rings is 1. The second-order valence-corrected chi connectivity index (χ2v) is 5.67. The van der Waals surface area contributed by atoms with Crippen molar-refractivity contribution in [2.45, 2.75) is 25.7 Å². The highest BCUT2D eigenvalue weighted by Gasteiger charge is 2.16. The van der Waals surface area contributed by atoms with Gasteiger partial charge in [0.2, 0.25) is 0 Å². The Bertz CT molecular complexity index is 577. The SMILES string of the molecule is O=C(Nc1ccccc1)Nc1csc2c1CCCC2. The van der Waals surface area contributed by atoms with Crippen LogP contribution in [0.3, 0.4) is 0 Å². The first-order valence-electron chi connectivity index (χ1n) is 6.55. The van der Waals surface area contributed by atoms with Crippen molar-refractivity contribution in [1.29, 1.82) is 0 Å². The minimum atomic E-state index is -0.169. The Labute approximate surface area is 116 Å². The van der Waals surface area contributed by atoms with E-state index < -0.39 is 0 Å². The molecule has 0 fully saturated rings. The average molecular weight is 272 g/mol. The van der Waals surface area contributed by atoms with Gasteiger partial charge in [-0.3, -0.25) is 0 Å². The summed E-state index contributed by atoms with van der Waals surface area (Å²) in [6.45, 7) is 0. The van der Waals surface area contributed by atoms with Crippen molar-refractivity contribution in [3.63, 3.8) is 0 Å². The topological polar surface area (TPSA) is 41.1 Å². The van der Waals surface area contributed by atoms with Crippen molar-refractivity contribution in [3.05, 3.63) is 46.2 Å². The fraction of sp³-hybridized carbons (Fsp3) is 0.267. The maximum absolute atomic E-state index is 11.9. The molecule has 3 rings (SSSR count). The van der Waals surface area contributed by atoms with Crippen molar-refractivity contribution in [3.8, 4) is 0 Å². The molecule has 1 aromatic heterocycles. The molecule has 0 bridgehead atoms. The number of thiophene rings is 1. The summed E-state index contributed by atoms with van der Waals surface area (Å²) in [5.74, 6) is 0. The molecule has 1 aromatic carbocycles. The molecule has 1 aliphatic carbocycles. The number of fused-ring (bicyclic) bond motifs is 1. The second-order valence-electron chi connectivity index (χ2n) is 4.70. The summed E-state index contributed by atoms with van der Waals surface area (Å²) in [7, 11) is 0. The normalized spacial score (nSPS) is 13.7. The van der Waals surface area contributed by atoms with Gasteiger partial charge < -0.3 is 10.6 Å². The van der Waals surface area contributed by atoms with Crippen molar-refractivity contribution < 1.29 is 4.79 Å². The number of nitrogens with one attached hydrogen (secondary N) is 2. The van der Waals surface area contributed by atoms with E-state index in [1.165, 1.54) is 23.3 Å². The molecule has 0 saturated carbocycles.